The molecule has 0 atom stereocenters. The van der Waals surface area contributed by atoms with Crippen LogP contribution in [0.2, 0.25) is 0 Å². The van der Waals surface area contributed by atoms with Gasteiger partial charge in [-0.1, -0.05) is 68.7 Å². The molecule has 0 bridgehead atoms. The fourth-order valence-corrected chi connectivity index (χ4v) is 2.99. The summed E-state index contributed by atoms with van der Waals surface area (Å²) in [5.74, 6) is 2.11. The van der Waals surface area contributed by atoms with Crippen LogP contribution in [0.5, 0.6) is 5.75 Å². The Morgan fingerprint density at radius 1 is 0.833 bits per heavy atom. The SMILES string of the molecule is CCCCCCc1oc(-c2cccc(O)c2)cc1-c1ccccc1. The van der Waals surface area contributed by atoms with E-state index < -0.39 is 0 Å². The van der Waals surface area contributed by atoms with Gasteiger partial charge in [0, 0.05) is 17.5 Å². The third kappa shape index (κ3) is 3.88. The predicted molar refractivity (Wildman–Crippen MR) is 99.1 cm³/mol. The monoisotopic (exact) mass is 320 g/mol. The van der Waals surface area contributed by atoms with E-state index >= 15 is 0 Å². The van der Waals surface area contributed by atoms with Crippen molar-refractivity contribution in [2.75, 3.05) is 0 Å². The van der Waals surface area contributed by atoms with Crippen LogP contribution in [-0.4, -0.2) is 5.11 Å². The van der Waals surface area contributed by atoms with E-state index in [1.807, 2.05) is 18.2 Å². The fraction of sp³-hybridized carbons (Fsp3) is 0.273. The summed E-state index contributed by atoms with van der Waals surface area (Å²) < 4.78 is 6.18. The molecule has 1 N–H and O–H groups in total. The third-order valence-electron chi connectivity index (χ3n) is 4.28. The fourth-order valence-electron chi connectivity index (χ4n) is 2.99. The molecule has 0 unspecified atom stereocenters. The minimum absolute atomic E-state index is 0.259. The van der Waals surface area contributed by atoms with Crippen molar-refractivity contribution in [3.63, 3.8) is 0 Å². The number of furan rings is 1. The van der Waals surface area contributed by atoms with Gasteiger partial charge < -0.3 is 9.52 Å². The number of aromatic hydroxyl groups is 1. The first kappa shape index (κ1) is 16.4. The van der Waals surface area contributed by atoms with Gasteiger partial charge in [-0.3, -0.25) is 0 Å². The minimum Gasteiger partial charge on any atom is -0.508 e. The van der Waals surface area contributed by atoms with Crippen LogP contribution in [0.3, 0.4) is 0 Å². The number of hydrogen-bond donors (Lipinski definition) is 1. The molecule has 0 saturated heterocycles. The van der Waals surface area contributed by atoms with E-state index in [-0.39, 0.29) is 5.75 Å². The maximum absolute atomic E-state index is 9.73. The van der Waals surface area contributed by atoms with Gasteiger partial charge in [0.1, 0.15) is 17.3 Å². The van der Waals surface area contributed by atoms with E-state index in [0.29, 0.717) is 0 Å². The summed E-state index contributed by atoms with van der Waals surface area (Å²) in [5, 5.41) is 9.73. The molecule has 0 aliphatic rings. The zero-order valence-electron chi connectivity index (χ0n) is 14.2. The molecule has 2 nitrogen and oxygen atoms in total. The molecule has 1 heterocycles. The van der Waals surface area contributed by atoms with E-state index in [0.717, 1.165) is 35.5 Å². The summed E-state index contributed by atoms with van der Waals surface area (Å²) in [6.45, 7) is 2.22. The van der Waals surface area contributed by atoms with Gasteiger partial charge in [-0.25, -0.2) is 0 Å². The molecule has 0 aliphatic carbocycles. The molecule has 0 spiro atoms. The summed E-state index contributed by atoms with van der Waals surface area (Å²) in [6, 6.07) is 19.7. The summed E-state index contributed by atoms with van der Waals surface area (Å²) in [5.41, 5.74) is 3.25. The number of rotatable bonds is 7. The van der Waals surface area contributed by atoms with Crippen LogP contribution in [0.4, 0.5) is 0 Å². The Kier molecular flexibility index (Phi) is 5.37. The zero-order chi connectivity index (χ0) is 16.8. The number of unbranched alkanes of at least 4 members (excludes halogenated alkanes) is 3. The second kappa shape index (κ2) is 7.87. The minimum atomic E-state index is 0.259. The van der Waals surface area contributed by atoms with Gasteiger partial charge in [0.05, 0.1) is 0 Å². The average molecular weight is 320 g/mol. The molecule has 0 radical (unpaired) electrons. The quantitative estimate of drug-likeness (QED) is 0.508. The van der Waals surface area contributed by atoms with Crippen molar-refractivity contribution in [2.24, 2.45) is 0 Å². The number of phenols is 1. The maximum atomic E-state index is 9.73. The Hall–Kier alpha value is -2.48. The van der Waals surface area contributed by atoms with Crippen LogP contribution >= 0.6 is 0 Å². The van der Waals surface area contributed by atoms with Crippen molar-refractivity contribution in [1.82, 2.24) is 0 Å². The molecule has 2 aromatic carbocycles. The molecule has 0 saturated carbocycles. The van der Waals surface area contributed by atoms with Crippen LogP contribution < -0.4 is 0 Å². The van der Waals surface area contributed by atoms with E-state index in [1.165, 1.54) is 24.8 Å². The highest BCUT2D eigenvalue weighted by atomic mass is 16.3. The van der Waals surface area contributed by atoms with Gasteiger partial charge in [-0.2, -0.15) is 0 Å². The highest BCUT2D eigenvalue weighted by molar-refractivity contribution is 5.72. The van der Waals surface area contributed by atoms with Crippen LogP contribution in [0, 0.1) is 0 Å². The van der Waals surface area contributed by atoms with Crippen LogP contribution in [0.15, 0.2) is 65.1 Å². The zero-order valence-corrected chi connectivity index (χ0v) is 14.2. The van der Waals surface area contributed by atoms with Gasteiger partial charge in [0.25, 0.3) is 0 Å². The van der Waals surface area contributed by atoms with Gasteiger partial charge in [-0.15, -0.1) is 0 Å². The summed E-state index contributed by atoms with van der Waals surface area (Å²) in [4.78, 5) is 0. The lowest BCUT2D eigenvalue weighted by molar-refractivity contribution is 0.474. The topological polar surface area (TPSA) is 33.4 Å². The van der Waals surface area contributed by atoms with Crippen LogP contribution in [0.25, 0.3) is 22.5 Å². The number of aryl methyl sites for hydroxylation is 1. The Labute approximate surface area is 143 Å². The summed E-state index contributed by atoms with van der Waals surface area (Å²) in [7, 11) is 0. The lowest BCUT2D eigenvalue weighted by Gasteiger charge is -2.03. The lowest BCUT2D eigenvalue weighted by atomic mass is 10.0. The van der Waals surface area contributed by atoms with Crippen molar-refractivity contribution in [3.8, 4) is 28.2 Å². The van der Waals surface area contributed by atoms with Gasteiger partial charge in [0.15, 0.2) is 0 Å². The Balaban J connectivity index is 1.93. The van der Waals surface area contributed by atoms with Crippen molar-refractivity contribution >= 4 is 0 Å². The molecular weight excluding hydrogens is 296 g/mol. The first-order valence-corrected chi connectivity index (χ1v) is 8.75. The normalized spacial score (nSPS) is 10.9. The standard InChI is InChI=1S/C22H24O2/c1-2-3-4-8-14-21-20(17-10-6-5-7-11-17)16-22(24-21)18-12-9-13-19(23)15-18/h5-7,9-13,15-16,23H,2-4,8,14H2,1H3. The van der Waals surface area contributed by atoms with Crippen molar-refractivity contribution in [2.45, 2.75) is 39.0 Å². The van der Waals surface area contributed by atoms with Crippen molar-refractivity contribution in [1.29, 1.82) is 0 Å². The van der Waals surface area contributed by atoms with E-state index in [9.17, 15) is 5.11 Å². The first-order valence-electron chi connectivity index (χ1n) is 8.75. The van der Waals surface area contributed by atoms with Crippen LogP contribution in [0.1, 0.15) is 38.4 Å². The number of phenolic OH excluding ortho intramolecular Hbond substituents is 1. The first-order chi connectivity index (χ1) is 11.8. The van der Waals surface area contributed by atoms with Gasteiger partial charge in [-0.05, 0) is 30.2 Å². The molecule has 0 aliphatic heterocycles. The smallest absolute Gasteiger partial charge is 0.135 e. The van der Waals surface area contributed by atoms with Gasteiger partial charge in [0.2, 0.25) is 0 Å². The van der Waals surface area contributed by atoms with E-state index in [4.69, 9.17) is 4.42 Å². The Morgan fingerprint density at radius 2 is 1.62 bits per heavy atom. The van der Waals surface area contributed by atoms with E-state index in [2.05, 4.69) is 37.3 Å². The second-order valence-corrected chi connectivity index (χ2v) is 6.17. The molecule has 0 fully saturated rings. The van der Waals surface area contributed by atoms with Crippen molar-refractivity contribution < 1.29 is 9.52 Å². The molecule has 3 rings (SSSR count). The Morgan fingerprint density at radius 3 is 2.38 bits per heavy atom. The number of benzene rings is 2. The largest absolute Gasteiger partial charge is 0.508 e. The molecule has 1 aromatic heterocycles. The molecule has 124 valence electrons. The lowest BCUT2D eigenvalue weighted by Crippen LogP contribution is -1.86. The molecule has 0 amide bonds. The molecule has 2 heteroatoms. The summed E-state index contributed by atoms with van der Waals surface area (Å²) in [6.07, 6.45) is 5.82. The van der Waals surface area contributed by atoms with Crippen molar-refractivity contribution in [3.05, 3.63) is 66.4 Å². The Bertz CT molecular complexity index is 772. The highest BCUT2D eigenvalue weighted by Crippen LogP contribution is 2.34. The molecule has 24 heavy (non-hydrogen) atoms. The van der Waals surface area contributed by atoms with Crippen LogP contribution in [-0.2, 0) is 6.42 Å². The second-order valence-electron chi connectivity index (χ2n) is 6.17. The highest BCUT2D eigenvalue weighted by Gasteiger charge is 2.14. The van der Waals surface area contributed by atoms with Gasteiger partial charge >= 0.3 is 0 Å². The number of hydrogen-bond acceptors (Lipinski definition) is 2. The third-order valence-corrected chi connectivity index (χ3v) is 4.28. The van der Waals surface area contributed by atoms with E-state index in [1.54, 1.807) is 12.1 Å². The summed E-state index contributed by atoms with van der Waals surface area (Å²) >= 11 is 0. The molecule has 3 aromatic rings. The maximum Gasteiger partial charge on any atom is 0.135 e. The average Bonchev–Trinajstić information content (AvgIpc) is 3.04. The molecular formula is C22H24O2. The predicted octanol–water partition coefficient (Wildman–Crippen LogP) is 6.44.